The Balaban J connectivity index is 1.94. The predicted molar refractivity (Wildman–Crippen MR) is 122 cm³/mol. The van der Waals surface area contributed by atoms with Crippen LogP contribution in [0.25, 0.3) is 10.5 Å². The van der Waals surface area contributed by atoms with Gasteiger partial charge < -0.3 is 4.90 Å². The zero-order valence-electron chi connectivity index (χ0n) is 17.6. The highest BCUT2D eigenvalue weighted by molar-refractivity contribution is 8.20. The van der Waals surface area contributed by atoms with Crippen LogP contribution < -0.4 is 18.9 Å². The molecule has 164 valence electrons. The van der Waals surface area contributed by atoms with Crippen molar-refractivity contribution in [1.29, 1.82) is 0 Å². The van der Waals surface area contributed by atoms with Crippen molar-refractivity contribution < 1.29 is 28.0 Å². The molecule has 4 rings (SSSR count). The first-order valence-electron chi connectivity index (χ1n) is 9.86. The molecule has 1 aliphatic heterocycles. The van der Waals surface area contributed by atoms with E-state index in [1.165, 1.54) is 0 Å². The van der Waals surface area contributed by atoms with E-state index < -0.39 is 21.0 Å². The lowest BCUT2D eigenvalue weighted by Crippen LogP contribution is -2.60. The molecule has 3 aromatic rings. The van der Waals surface area contributed by atoms with Crippen molar-refractivity contribution in [2.24, 2.45) is 0 Å². The van der Waals surface area contributed by atoms with E-state index in [0.29, 0.717) is 9.77 Å². The van der Waals surface area contributed by atoms with E-state index in [0.717, 1.165) is 28.0 Å². The van der Waals surface area contributed by atoms with Gasteiger partial charge in [-0.2, -0.15) is 14.0 Å². The minimum atomic E-state index is -4.63. The second-order valence-corrected chi connectivity index (χ2v) is 10.0. The summed E-state index contributed by atoms with van der Waals surface area (Å²) in [6.45, 7) is 0. The predicted octanol–water partition coefficient (Wildman–Crippen LogP) is 2.51. The third-order valence-electron chi connectivity index (χ3n) is 4.95. The second kappa shape index (κ2) is 9.42. The average molecular weight is 468 g/mol. The van der Waals surface area contributed by atoms with Crippen LogP contribution in [0.3, 0.4) is 0 Å². The molecule has 1 atom stereocenters. The maximum atomic E-state index is 11.6. The van der Waals surface area contributed by atoms with Crippen LogP contribution in [0.5, 0.6) is 0 Å². The van der Waals surface area contributed by atoms with Crippen LogP contribution in [0.4, 0.5) is 5.69 Å². The molecule has 5 nitrogen and oxygen atoms in total. The van der Waals surface area contributed by atoms with Gasteiger partial charge in [0.1, 0.15) is 14.5 Å². The van der Waals surface area contributed by atoms with Gasteiger partial charge >= 0.3 is 0 Å². The minimum absolute atomic E-state index is 0.630. The van der Waals surface area contributed by atoms with Crippen molar-refractivity contribution in [3.63, 3.8) is 0 Å². The first-order chi connectivity index (χ1) is 15.3. The Morgan fingerprint density at radius 2 is 1.25 bits per heavy atom. The molecule has 0 saturated carbocycles. The molecule has 3 aromatic carbocycles. The van der Waals surface area contributed by atoms with E-state index in [9.17, 15) is 14.0 Å². The first-order valence-corrected chi connectivity index (χ1v) is 12.2. The molecular weight excluding hydrogens is 446 g/mol. The smallest absolute Gasteiger partial charge is 0.148 e. The lowest BCUT2D eigenvalue weighted by atomic mass is 10.00. The van der Waals surface area contributed by atoms with Crippen LogP contribution in [-0.2, 0) is 3.74 Å². The largest absolute Gasteiger partial charge is 0.378 e. The Labute approximate surface area is 192 Å². The van der Waals surface area contributed by atoms with Crippen LogP contribution in [0.1, 0.15) is 16.7 Å². The van der Waals surface area contributed by atoms with Gasteiger partial charge in [-0.05, 0) is 46.5 Å². The number of hydrogen-bond acceptors (Lipinski definition) is 5. The fourth-order valence-electron chi connectivity index (χ4n) is 3.40. The Kier molecular flexibility index (Phi) is 6.62. The van der Waals surface area contributed by atoms with Crippen molar-refractivity contribution in [2.75, 3.05) is 19.0 Å². The first kappa shape index (κ1) is 22.5. The molecule has 1 heterocycles. The van der Waals surface area contributed by atoms with Gasteiger partial charge in [0, 0.05) is 19.8 Å². The molecule has 0 saturated heterocycles. The summed E-state index contributed by atoms with van der Waals surface area (Å²) < 4.78 is 40.0. The molecule has 0 bridgehead atoms. The Morgan fingerprint density at radius 3 is 1.78 bits per heavy atom. The summed E-state index contributed by atoms with van der Waals surface area (Å²) in [6.07, 6.45) is 3.80. The van der Waals surface area contributed by atoms with Crippen LogP contribution >= 0.6 is 10.8 Å². The van der Waals surface area contributed by atoms with Gasteiger partial charge in [-0.15, -0.1) is 0 Å². The van der Waals surface area contributed by atoms with E-state index in [2.05, 4.69) is 0 Å². The summed E-state index contributed by atoms with van der Waals surface area (Å²) in [4.78, 5) is 3.28. The molecule has 0 spiro atoms. The number of nitrogens with zero attached hydrogens (tertiary/aromatic N) is 1. The van der Waals surface area contributed by atoms with Crippen molar-refractivity contribution in [1.82, 2.24) is 0 Å². The molecule has 1 unspecified atom stereocenters. The third kappa shape index (κ3) is 5.19. The van der Waals surface area contributed by atoms with Crippen molar-refractivity contribution in [3.8, 4) is 0 Å². The third-order valence-corrected chi connectivity index (χ3v) is 7.57. The Bertz CT molecular complexity index is 1180. The molecule has 0 aliphatic carbocycles. The summed E-state index contributed by atoms with van der Waals surface area (Å²) in [5, 5.41) is 0. The molecule has 32 heavy (non-hydrogen) atoms. The van der Waals surface area contributed by atoms with Crippen molar-refractivity contribution in [3.05, 3.63) is 114 Å². The molecule has 0 aromatic heterocycles. The average Bonchev–Trinajstić information content (AvgIpc) is 2.79. The van der Waals surface area contributed by atoms with Crippen molar-refractivity contribution in [2.45, 2.75) is 0 Å². The Hall–Kier alpha value is -2.71. The van der Waals surface area contributed by atoms with Gasteiger partial charge in [0.05, 0.1) is 20.0 Å². The normalized spacial score (nSPS) is 16.4. The van der Waals surface area contributed by atoms with Gasteiger partial charge in [0.15, 0.2) is 0 Å². The number of halogens is 1. The fraction of sp³-hybridized carbons (Fsp3) is 0.0800. The van der Waals surface area contributed by atoms with Crippen LogP contribution in [0.2, 0.25) is 0 Å². The number of rotatable bonds is 6. The molecule has 0 fully saturated rings. The van der Waals surface area contributed by atoms with Gasteiger partial charge in [-0.1, -0.05) is 72.8 Å². The highest BCUT2D eigenvalue weighted by atomic mass is 35.7. The van der Waals surface area contributed by atoms with Gasteiger partial charge in [0.25, 0.3) is 0 Å². The van der Waals surface area contributed by atoms with Crippen molar-refractivity contribution >= 4 is 31.8 Å². The summed E-state index contributed by atoms with van der Waals surface area (Å²) in [5.74, 6) is 0. The quantitative estimate of drug-likeness (QED) is 0.520. The highest BCUT2D eigenvalue weighted by Crippen LogP contribution is 2.45. The topological polar surface area (TPSA) is 81.7 Å². The van der Waals surface area contributed by atoms with Crippen LogP contribution in [0, 0.1) is 10.2 Å². The van der Waals surface area contributed by atoms with Gasteiger partial charge in [0.2, 0.25) is 0 Å². The monoisotopic (exact) mass is 467 g/mol. The maximum Gasteiger partial charge on any atom is 0.148 e. The lowest BCUT2D eigenvalue weighted by molar-refractivity contribution is -1.91. The second-order valence-electron chi connectivity index (χ2n) is 7.36. The summed E-state index contributed by atoms with van der Waals surface area (Å²) in [5.41, 5.74) is 4.53. The number of benzene rings is 3. The molecule has 0 N–H and O–H groups in total. The van der Waals surface area contributed by atoms with Gasteiger partial charge in [-0.3, -0.25) is 0 Å². The molecule has 1 aliphatic rings. The lowest BCUT2D eigenvalue weighted by Gasteiger charge is -2.22. The zero-order valence-corrected chi connectivity index (χ0v) is 19.2. The number of allylic oxidation sites excluding steroid dienone is 3. The SMILES string of the molecule is CN(C)c1ccc(C2=CC(c3ccccc3)=S(O[Cl+3]([O-])([O-])[O-])C(c3ccccc3)=C2)cc1. The number of anilines is 1. The standard InChI is InChI=1S/C25H22ClNO4S/c1-27(2)23-15-13-19(14-16-23)22-17-24(20-9-5-3-6-10-20)32(31-26(28,29)30)25(18-22)21-11-7-4-8-12-21/h3-18H,1-2H3. The van der Waals surface area contributed by atoms with E-state index in [1.54, 1.807) is 0 Å². The van der Waals surface area contributed by atoms with Crippen LogP contribution in [-0.4, -0.2) is 19.0 Å². The Morgan fingerprint density at radius 1 is 0.688 bits per heavy atom. The van der Waals surface area contributed by atoms with E-state index >= 15 is 0 Å². The summed E-state index contributed by atoms with van der Waals surface area (Å²) in [7, 11) is -2.09. The molecule has 0 radical (unpaired) electrons. The minimum Gasteiger partial charge on any atom is -0.378 e. The molecule has 0 amide bonds. The van der Waals surface area contributed by atoms with E-state index in [4.69, 9.17) is 3.74 Å². The van der Waals surface area contributed by atoms with Gasteiger partial charge in [-0.25, -0.2) is 0 Å². The zero-order chi connectivity index (χ0) is 22.7. The molecule has 7 heteroatoms. The highest BCUT2D eigenvalue weighted by Gasteiger charge is 2.31. The van der Waals surface area contributed by atoms with E-state index in [1.807, 2.05) is 116 Å². The maximum absolute atomic E-state index is 11.6. The molecular formula is C25H22ClNO4S. The summed E-state index contributed by atoms with van der Waals surface area (Å²) >= 11 is 0. The van der Waals surface area contributed by atoms with Crippen LogP contribution in [0.15, 0.2) is 97.1 Å². The van der Waals surface area contributed by atoms with E-state index in [-0.39, 0.29) is 0 Å². The fourth-order valence-corrected chi connectivity index (χ4v) is 5.96. The summed E-state index contributed by atoms with van der Waals surface area (Å²) in [6, 6.07) is 26.9. The number of hydrogen-bond donors (Lipinski definition) is 0.